The van der Waals surface area contributed by atoms with Gasteiger partial charge in [-0.05, 0) is 31.2 Å². The Bertz CT molecular complexity index is 1010. The number of carbonyl (C=O) groups is 1. The van der Waals surface area contributed by atoms with Crippen molar-refractivity contribution in [2.45, 2.75) is 6.92 Å². The fraction of sp³-hybridized carbons (Fsp3) is 0.200. The highest BCUT2D eigenvalue weighted by Gasteiger charge is 2.12. The van der Waals surface area contributed by atoms with E-state index in [4.69, 9.17) is 25.8 Å². The molecule has 7 nitrogen and oxygen atoms in total. The number of ether oxygens (including phenoxy) is 3. The Morgan fingerprint density at radius 3 is 2.50 bits per heavy atom. The fourth-order valence-electron chi connectivity index (χ4n) is 2.65. The normalized spacial score (nSPS) is 10.4. The van der Waals surface area contributed by atoms with Crippen molar-refractivity contribution in [3.8, 4) is 23.0 Å². The van der Waals surface area contributed by atoms with Crippen LogP contribution in [0.2, 0.25) is 5.02 Å². The lowest BCUT2D eigenvalue weighted by molar-refractivity contribution is 0.252. The summed E-state index contributed by atoms with van der Waals surface area (Å²) in [5.41, 5.74) is 1.20. The van der Waals surface area contributed by atoms with Crippen molar-refractivity contribution in [1.82, 2.24) is 10.3 Å². The molecule has 0 aliphatic rings. The summed E-state index contributed by atoms with van der Waals surface area (Å²) in [5, 5.41) is 6.46. The average molecular weight is 402 g/mol. The first-order valence-corrected chi connectivity index (χ1v) is 8.96. The summed E-state index contributed by atoms with van der Waals surface area (Å²) < 4.78 is 16.7. The van der Waals surface area contributed by atoms with E-state index >= 15 is 0 Å². The van der Waals surface area contributed by atoms with Gasteiger partial charge in [0, 0.05) is 30.3 Å². The predicted octanol–water partition coefficient (Wildman–Crippen LogP) is 4.84. The minimum absolute atomic E-state index is 0.320. The smallest absolute Gasteiger partial charge is 0.319 e. The van der Waals surface area contributed by atoms with Crippen LogP contribution in [0.3, 0.4) is 0 Å². The number of nitrogens with zero attached hydrogens (tertiary/aromatic N) is 1. The van der Waals surface area contributed by atoms with Crippen LogP contribution in [0.5, 0.6) is 23.0 Å². The molecular formula is C20H20ClN3O4. The van der Waals surface area contributed by atoms with Crippen LogP contribution in [0.15, 0.2) is 42.6 Å². The molecule has 8 heteroatoms. The molecule has 0 spiro atoms. The molecule has 0 fully saturated rings. The van der Waals surface area contributed by atoms with Crippen molar-refractivity contribution in [2.24, 2.45) is 0 Å². The van der Waals surface area contributed by atoms with Crippen molar-refractivity contribution in [3.63, 3.8) is 0 Å². The number of hydrogen-bond donors (Lipinski definition) is 2. The first-order chi connectivity index (χ1) is 13.5. The van der Waals surface area contributed by atoms with Gasteiger partial charge in [0.1, 0.15) is 11.5 Å². The maximum Gasteiger partial charge on any atom is 0.319 e. The molecule has 0 saturated heterocycles. The summed E-state index contributed by atoms with van der Waals surface area (Å²) in [6, 6.07) is 10.1. The molecule has 2 aromatic carbocycles. The third-order valence-corrected chi connectivity index (χ3v) is 4.27. The van der Waals surface area contributed by atoms with E-state index in [0.717, 1.165) is 5.39 Å². The van der Waals surface area contributed by atoms with E-state index in [-0.39, 0.29) is 6.03 Å². The van der Waals surface area contributed by atoms with Gasteiger partial charge in [-0.25, -0.2) is 4.79 Å². The minimum atomic E-state index is -0.320. The number of hydrogen-bond acceptors (Lipinski definition) is 5. The zero-order valence-corrected chi connectivity index (χ0v) is 16.5. The fourth-order valence-corrected chi connectivity index (χ4v) is 2.87. The van der Waals surface area contributed by atoms with Crippen LogP contribution < -0.4 is 24.8 Å². The zero-order valence-electron chi connectivity index (χ0n) is 15.7. The molecule has 0 atom stereocenters. The summed E-state index contributed by atoms with van der Waals surface area (Å²) >= 11 is 6.27. The number of methoxy groups -OCH3 is 2. The summed E-state index contributed by atoms with van der Waals surface area (Å²) in [7, 11) is 3.14. The van der Waals surface area contributed by atoms with Crippen molar-refractivity contribution in [3.05, 3.63) is 47.6 Å². The van der Waals surface area contributed by atoms with E-state index < -0.39 is 0 Å². The molecule has 0 saturated carbocycles. The molecule has 1 aromatic heterocycles. The second-order valence-corrected chi connectivity index (χ2v) is 6.17. The Labute approximate surface area is 167 Å². The van der Waals surface area contributed by atoms with Crippen LogP contribution in [0.25, 0.3) is 10.9 Å². The predicted molar refractivity (Wildman–Crippen MR) is 109 cm³/mol. The van der Waals surface area contributed by atoms with Gasteiger partial charge in [-0.15, -0.1) is 0 Å². The van der Waals surface area contributed by atoms with E-state index in [1.54, 1.807) is 50.7 Å². The number of rotatable bonds is 6. The standard InChI is InChI=1S/C20H20ClN3O4/c1-4-22-20(25)24-15-6-5-12(9-14(15)21)28-17-7-8-23-16-11-19(27-3)18(26-2)10-13(16)17/h5-11H,4H2,1-3H3,(H2,22,24,25). The van der Waals surface area contributed by atoms with E-state index in [9.17, 15) is 4.79 Å². The van der Waals surface area contributed by atoms with E-state index in [1.807, 2.05) is 13.0 Å². The van der Waals surface area contributed by atoms with Crippen LogP contribution in [-0.2, 0) is 0 Å². The number of benzene rings is 2. The third-order valence-electron chi connectivity index (χ3n) is 3.96. The van der Waals surface area contributed by atoms with Gasteiger partial charge in [-0.2, -0.15) is 0 Å². The molecule has 28 heavy (non-hydrogen) atoms. The molecule has 3 rings (SSSR count). The van der Waals surface area contributed by atoms with Gasteiger partial charge in [0.2, 0.25) is 0 Å². The van der Waals surface area contributed by atoms with Crippen LogP contribution in [0, 0.1) is 0 Å². The molecule has 0 unspecified atom stereocenters. The number of amides is 2. The number of urea groups is 1. The quantitative estimate of drug-likeness (QED) is 0.617. The van der Waals surface area contributed by atoms with Crippen molar-refractivity contribution in [2.75, 3.05) is 26.1 Å². The average Bonchev–Trinajstić information content (AvgIpc) is 2.69. The molecule has 3 aromatic rings. The molecular weight excluding hydrogens is 382 g/mol. The highest BCUT2D eigenvalue weighted by Crippen LogP contribution is 2.37. The summed E-state index contributed by atoms with van der Waals surface area (Å²) in [6.45, 7) is 2.36. The van der Waals surface area contributed by atoms with Crippen LogP contribution in [0.4, 0.5) is 10.5 Å². The van der Waals surface area contributed by atoms with E-state index in [0.29, 0.717) is 45.8 Å². The van der Waals surface area contributed by atoms with Gasteiger partial charge >= 0.3 is 6.03 Å². The second-order valence-electron chi connectivity index (χ2n) is 5.76. The van der Waals surface area contributed by atoms with Gasteiger partial charge in [-0.3, -0.25) is 4.98 Å². The molecule has 0 aliphatic heterocycles. The summed E-state index contributed by atoms with van der Waals surface area (Å²) in [6.07, 6.45) is 1.65. The van der Waals surface area contributed by atoms with Crippen LogP contribution >= 0.6 is 11.6 Å². The molecule has 0 bridgehead atoms. The van der Waals surface area contributed by atoms with Crippen molar-refractivity contribution >= 4 is 34.2 Å². The van der Waals surface area contributed by atoms with Gasteiger partial charge in [0.25, 0.3) is 0 Å². The Hall–Kier alpha value is -3.19. The number of nitrogens with one attached hydrogen (secondary N) is 2. The summed E-state index contributed by atoms with van der Waals surface area (Å²) in [5.74, 6) is 2.27. The van der Waals surface area contributed by atoms with Crippen LogP contribution in [0.1, 0.15) is 6.92 Å². The number of anilines is 1. The van der Waals surface area contributed by atoms with E-state index in [1.165, 1.54) is 0 Å². The Balaban J connectivity index is 1.90. The molecule has 2 N–H and O–H groups in total. The third kappa shape index (κ3) is 4.20. The zero-order chi connectivity index (χ0) is 20.1. The summed E-state index contributed by atoms with van der Waals surface area (Å²) in [4.78, 5) is 16.0. The van der Waals surface area contributed by atoms with E-state index in [2.05, 4.69) is 15.6 Å². The molecule has 146 valence electrons. The number of carbonyl (C=O) groups excluding carboxylic acids is 1. The Morgan fingerprint density at radius 1 is 1.07 bits per heavy atom. The first kappa shape index (κ1) is 19.6. The largest absolute Gasteiger partial charge is 0.493 e. The maximum absolute atomic E-state index is 11.7. The highest BCUT2D eigenvalue weighted by molar-refractivity contribution is 6.33. The highest BCUT2D eigenvalue weighted by atomic mass is 35.5. The lowest BCUT2D eigenvalue weighted by Gasteiger charge is -2.13. The Morgan fingerprint density at radius 2 is 1.82 bits per heavy atom. The lowest BCUT2D eigenvalue weighted by Crippen LogP contribution is -2.28. The molecule has 2 amide bonds. The van der Waals surface area contributed by atoms with Gasteiger partial charge in [-0.1, -0.05) is 11.6 Å². The second kappa shape index (κ2) is 8.67. The molecule has 0 radical (unpaired) electrons. The number of fused-ring (bicyclic) bond motifs is 1. The monoisotopic (exact) mass is 401 g/mol. The Kier molecular flexibility index (Phi) is 6.06. The van der Waals surface area contributed by atoms with Gasteiger partial charge < -0.3 is 24.8 Å². The number of aromatic nitrogens is 1. The topological polar surface area (TPSA) is 81.7 Å². The van der Waals surface area contributed by atoms with Gasteiger partial charge in [0.05, 0.1) is 30.4 Å². The number of pyridine rings is 1. The lowest BCUT2D eigenvalue weighted by atomic mass is 10.2. The first-order valence-electron chi connectivity index (χ1n) is 8.58. The van der Waals surface area contributed by atoms with Crippen molar-refractivity contribution < 1.29 is 19.0 Å². The maximum atomic E-state index is 11.7. The molecule has 1 heterocycles. The van der Waals surface area contributed by atoms with Gasteiger partial charge in [0.15, 0.2) is 11.5 Å². The van der Waals surface area contributed by atoms with Crippen LogP contribution in [-0.4, -0.2) is 31.8 Å². The SMILES string of the molecule is CCNC(=O)Nc1ccc(Oc2ccnc3cc(OC)c(OC)cc23)cc1Cl. The molecule has 0 aliphatic carbocycles. The number of halogens is 1. The van der Waals surface area contributed by atoms with Crippen molar-refractivity contribution in [1.29, 1.82) is 0 Å². The minimum Gasteiger partial charge on any atom is -0.493 e.